The summed E-state index contributed by atoms with van der Waals surface area (Å²) < 4.78 is 19.2. The maximum atomic E-state index is 14.2. The van der Waals surface area contributed by atoms with Crippen molar-refractivity contribution in [1.82, 2.24) is 0 Å². The van der Waals surface area contributed by atoms with Crippen molar-refractivity contribution in [2.45, 2.75) is 20.3 Å². The molecule has 0 atom stereocenters. The molecule has 1 aromatic rings. The highest BCUT2D eigenvalue weighted by atomic mass is 79.9. The van der Waals surface area contributed by atoms with Gasteiger partial charge in [0.25, 0.3) is 0 Å². The molecular formula is C14H19Br2FO. The molecule has 1 rings (SSSR count). The van der Waals surface area contributed by atoms with Crippen molar-refractivity contribution in [1.29, 1.82) is 0 Å². The highest BCUT2D eigenvalue weighted by Gasteiger charge is 2.33. The third-order valence-corrected chi connectivity index (χ3v) is 5.80. The minimum atomic E-state index is -0.244. The van der Waals surface area contributed by atoms with Crippen LogP contribution >= 0.6 is 31.9 Å². The summed E-state index contributed by atoms with van der Waals surface area (Å²) in [6.07, 6.45) is 0.685. The van der Waals surface area contributed by atoms with Gasteiger partial charge in [-0.1, -0.05) is 57.8 Å². The van der Waals surface area contributed by atoms with E-state index in [1.807, 2.05) is 12.1 Å². The Morgan fingerprint density at radius 3 is 2.33 bits per heavy atom. The molecule has 0 aromatic heterocycles. The zero-order valence-electron chi connectivity index (χ0n) is 11.0. The molecular weight excluding hydrogens is 363 g/mol. The highest BCUT2D eigenvalue weighted by molar-refractivity contribution is 9.09. The van der Waals surface area contributed by atoms with Crippen molar-refractivity contribution >= 4 is 31.9 Å². The van der Waals surface area contributed by atoms with Crippen LogP contribution in [-0.4, -0.2) is 17.8 Å². The lowest BCUT2D eigenvalue weighted by Crippen LogP contribution is -2.34. The number of alkyl halides is 2. The third-order valence-electron chi connectivity index (χ3n) is 3.56. The van der Waals surface area contributed by atoms with Gasteiger partial charge < -0.3 is 4.74 Å². The van der Waals surface area contributed by atoms with Gasteiger partial charge in [0, 0.05) is 10.7 Å². The summed E-state index contributed by atoms with van der Waals surface area (Å²) in [5, 5.41) is 1.67. The number of rotatable bonds is 6. The first-order valence-electron chi connectivity index (χ1n) is 5.94. The summed E-state index contributed by atoms with van der Waals surface area (Å²) >= 11 is 7.14. The smallest absolute Gasteiger partial charge is 0.168 e. The van der Waals surface area contributed by atoms with Crippen LogP contribution in [0, 0.1) is 17.2 Å². The lowest BCUT2D eigenvalue weighted by atomic mass is 9.76. The second-order valence-electron chi connectivity index (χ2n) is 4.89. The lowest BCUT2D eigenvalue weighted by molar-refractivity contribution is 0.263. The van der Waals surface area contributed by atoms with Gasteiger partial charge in [-0.05, 0) is 29.4 Å². The Morgan fingerprint density at radius 2 is 1.89 bits per heavy atom. The van der Waals surface area contributed by atoms with Crippen molar-refractivity contribution in [3.63, 3.8) is 0 Å². The molecule has 0 spiro atoms. The zero-order chi connectivity index (χ0) is 13.8. The van der Waals surface area contributed by atoms with E-state index in [4.69, 9.17) is 4.74 Å². The van der Waals surface area contributed by atoms with Crippen molar-refractivity contribution in [3.8, 4) is 5.75 Å². The summed E-state index contributed by atoms with van der Waals surface area (Å²) in [5.74, 6) is 0.517. The maximum Gasteiger partial charge on any atom is 0.168 e. The zero-order valence-corrected chi connectivity index (χ0v) is 14.1. The van der Waals surface area contributed by atoms with E-state index >= 15 is 0 Å². The Hall–Kier alpha value is -0.0900. The molecule has 0 N–H and O–H groups in total. The maximum absolute atomic E-state index is 14.2. The van der Waals surface area contributed by atoms with E-state index in [0.29, 0.717) is 23.7 Å². The van der Waals surface area contributed by atoms with Gasteiger partial charge in [0.15, 0.2) is 11.6 Å². The molecule has 0 heterocycles. The average Bonchev–Trinajstić information content (AvgIpc) is 2.37. The minimum Gasteiger partial charge on any atom is -0.494 e. The second kappa shape index (κ2) is 6.90. The molecule has 1 aromatic carbocycles. The Balaban J connectivity index is 3.08. The first-order valence-corrected chi connectivity index (χ1v) is 8.18. The fraction of sp³-hybridized carbons (Fsp3) is 0.571. The van der Waals surface area contributed by atoms with Crippen LogP contribution in [0.4, 0.5) is 4.39 Å². The molecule has 0 radical (unpaired) electrons. The van der Waals surface area contributed by atoms with E-state index < -0.39 is 0 Å². The summed E-state index contributed by atoms with van der Waals surface area (Å²) in [7, 11) is 1.49. The summed E-state index contributed by atoms with van der Waals surface area (Å²) in [5.41, 5.74) is 0.717. The number of halogens is 3. The summed E-state index contributed by atoms with van der Waals surface area (Å²) in [4.78, 5) is 0. The molecule has 0 unspecified atom stereocenters. The lowest BCUT2D eigenvalue weighted by Gasteiger charge is -2.34. The number of benzene rings is 1. The highest BCUT2D eigenvalue weighted by Crippen LogP contribution is 2.37. The largest absolute Gasteiger partial charge is 0.494 e. The predicted molar refractivity (Wildman–Crippen MR) is 81.5 cm³/mol. The Kier molecular flexibility index (Phi) is 6.12. The number of methoxy groups -OCH3 is 1. The molecule has 1 nitrogen and oxygen atoms in total. The van der Waals surface area contributed by atoms with Crippen LogP contribution in [-0.2, 0) is 6.42 Å². The SMILES string of the molecule is COc1cccc(CC(CBr)(CBr)C(C)C)c1F. The first-order chi connectivity index (χ1) is 8.50. The monoisotopic (exact) mass is 380 g/mol. The van der Waals surface area contributed by atoms with E-state index in [1.54, 1.807) is 6.07 Å². The average molecular weight is 382 g/mol. The van der Waals surface area contributed by atoms with Gasteiger partial charge in [-0.25, -0.2) is 4.39 Å². The van der Waals surface area contributed by atoms with E-state index in [1.165, 1.54) is 7.11 Å². The van der Waals surface area contributed by atoms with Crippen LogP contribution in [0.2, 0.25) is 0 Å². The molecule has 0 fully saturated rings. The van der Waals surface area contributed by atoms with Crippen LogP contribution in [0.25, 0.3) is 0 Å². The van der Waals surface area contributed by atoms with Crippen LogP contribution in [0.3, 0.4) is 0 Å². The van der Waals surface area contributed by atoms with Gasteiger partial charge in [-0.2, -0.15) is 0 Å². The third kappa shape index (κ3) is 3.27. The molecule has 0 aliphatic rings. The fourth-order valence-corrected chi connectivity index (χ4v) is 4.49. The van der Waals surface area contributed by atoms with Gasteiger partial charge in [-0.3, -0.25) is 0 Å². The molecule has 0 aliphatic carbocycles. The van der Waals surface area contributed by atoms with Crippen LogP contribution in [0.15, 0.2) is 18.2 Å². The second-order valence-corrected chi connectivity index (χ2v) is 6.02. The standard InChI is InChI=1S/C14H19Br2FO/c1-10(2)14(8-15,9-16)7-11-5-4-6-12(18-3)13(11)17/h4-6,10H,7-9H2,1-3H3. The Labute approximate surface area is 125 Å². The van der Waals surface area contributed by atoms with Gasteiger partial charge >= 0.3 is 0 Å². The topological polar surface area (TPSA) is 9.23 Å². The molecule has 18 heavy (non-hydrogen) atoms. The van der Waals surface area contributed by atoms with E-state index in [2.05, 4.69) is 45.7 Å². The number of hydrogen-bond acceptors (Lipinski definition) is 1. The van der Waals surface area contributed by atoms with E-state index in [-0.39, 0.29) is 11.2 Å². The van der Waals surface area contributed by atoms with Crippen molar-refractivity contribution in [3.05, 3.63) is 29.6 Å². The molecule has 0 amide bonds. The van der Waals surface area contributed by atoms with Crippen LogP contribution in [0.5, 0.6) is 5.75 Å². The quantitative estimate of drug-likeness (QED) is 0.642. The van der Waals surface area contributed by atoms with Crippen molar-refractivity contribution in [2.75, 3.05) is 17.8 Å². The molecule has 0 bridgehead atoms. The Morgan fingerprint density at radius 1 is 1.28 bits per heavy atom. The normalized spacial score (nSPS) is 11.9. The van der Waals surface area contributed by atoms with Crippen molar-refractivity contribution < 1.29 is 9.13 Å². The van der Waals surface area contributed by atoms with Crippen LogP contribution < -0.4 is 4.74 Å². The summed E-state index contributed by atoms with van der Waals surface area (Å²) in [6.45, 7) is 4.33. The molecule has 0 saturated heterocycles. The minimum absolute atomic E-state index is 0.00715. The molecule has 0 aliphatic heterocycles. The number of ether oxygens (including phenoxy) is 1. The van der Waals surface area contributed by atoms with Gasteiger partial charge in [0.2, 0.25) is 0 Å². The Bertz CT molecular complexity index is 389. The van der Waals surface area contributed by atoms with Gasteiger partial charge in [0.05, 0.1) is 7.11 Å². The molecule has 102 valence electrons. The van der Waals surface area contributed by atoms with Gasteiger partial charge in [-0.15, -0.1) is 0 Å². The van der Waals surface area contributed by atoms with Gasteiger partial charge in [0.1, 0.15) is 0 Å². The first kappa shape index (κ1) is 16.0. The molecule has 4 heteroatoms. The van der Waals surface area contributed by atoms with E-state index in [0.717, 1.165) is 10.7 Å². The fourth-order valence-electron chi connectivity index (χ4n) is 1.87. The van der Waals surface area contributed by atoms with E-state index in [9.17, 15) is 4.39 Å². The van der Waals surface area contributed by atoms with Crippen LogP contribution in [0.1, 0.15) is 19.4 Å². The van der Waals surface area contributed by atoms with Crippen molar-refractivity contribution in [2.24, 2.45) is 11.3 Å². The molecule has 0 saturated carbocycles. The number of hydrogen-bond donors (Lipinski definition) is 0. The summed E-state index contributed by atoms with van der Waals surface area (Å²) in [6, 6.07) is 5.32. The predicted octanol–water partition coefficient (Wildman–Crippen LogP) is 4.81.